The van der Waals surface area contributed by atoms with Crippen LogP contribution in [-0.2, 0) is 20.7 Å². The number of halogens is 1. The molecule has 0 aliphatic heterocycles. The second-order valence-corrected chi connectivity index (χ2v) is 5.12. The maximum absolute atomic E-state index is 10.7. The van der Waals surface area contributed by atoms with Crippen LogP contribution in [-0.4, -0.2) is 26.1 Å². The average Bonchev–Trinajstić information content (AvgIpc) is 2.05. The molecule has 0 fully saturated rings. The molecule has 1 N–H and O–H groups in total. The Kier molecular flexibility index (Phi) is 4.10. The molecule has 0 bridgehead atoms. The van der Waals surface area contributed by atoms with Crippen LogP contribution in [0.4, 0.5) is 0 Å². The summed E-state index contributed by atoms with van der Waals surface area (Å²) in [5.74, 6) is 0. The minimum absolute atomic E-state index is 0.101. The Morgan fingerprint density at radius 3 is 2.40 bits per heavy atom. The van der Waals surface area contributed by atoms with E-state index in [0.717, 1.165) is 11.8 Å². The molecule has 0 amide bonds. The summed E-state index contributed by atoms with van der Waals surface area (Å²) in [6.07, 6.45) is -0.372. The van der Waals surface area contributed by atoms with Crippen LogP contribution in [0.2, 0.25) is 5.02 Å². The second kappa shape index (κ2) is 4.94. The smallest absolute Gasteiger partial charge is 0.266 e. The molecule has 0 radical (unpaired) electrons. The third kappa shape index (κ3) is 5.13. The van der Waals surface area contributed by atoms with E-state index in [1.54, 1.807) is 24.3 Å². The van der Waals surface area contributed by atoms with E-state index in [9.17, 15) is 13.5 Å². The van der Waals surface area contributed by atoms with Crippen LogP contribution in [0, 0.1) is 0 Å². The lowest BCUT2D eigenvalue weighted by molar-refractivity contribution is -0.00957. The number of hydrogen-bond donors (Lipinski definition) is 1. The summed E-state index contributed by atoms with van der Waals surface area (Å²) in [7, 11) is -3.63. The highest BCUT2D eigenvalue weighted by molar-refractivity contribution is 7.86. The van der Waals surface area contributed by atoms with Gasteiger partial charge in [-0.3, -0.25) is 0 Å². The molecule has 0 spiro atoms. The van der Waals surface area contributed by atoms with Crippen LogP contribution >= 0.6 is 11.6 Å². The molecule has 0 heterocycles. The van der Waals surface area contributed by atoms with Crippen LogP contribution in [0.3, 0.4) is 0 Å². The third-order valence-corrected chi connectivity index (χ3v) is 2.43. The topological polar surface area (TPSA) is 63.6 Å². The number of aliphatic hydroxyl groups is 1. The molecule has 15 heavy (non-hydrogen) atoms. The van der Waals surface area contributed by atoms with E-state index >= 15 is 0 Å². The summed E-state index contributed by atoms with van der Waals surface area (Å²) in [6.45, 7) is 0. The molecule has 1 atom stereocenters. The zero-order chi connectivity index (χ0) is 11.5. The summed E-state index contributed by atoms with van der Waals surface area (Å²) in [6, 6.07) is 6.70. The molecule has 1 aromatic rings. The molecule has 0 aromatic heterocycles. The molecule has 6 heteroatoms. The van der Waals surface area contributed by atoms with Gasteiger partial charge in [0, 0.05) is 11.4 Å². The van der Waals surface area contributed by atoms with Crippen LogP contribution in [0.25, 0.3) is 0 Å². The first-order chi connectivity index (χ1) is 6.87. The Bertz CT molecular complexity index is 412. The summed E-state index contributed by atoms with van der Waals surface area (Å²) in [4.78, 5) is 0. The van der Waals surface area contributed by atoms with Crippen molar-refractivity contribution in [3.63, 3.8) is 0 Å². The Labute approximate surface area is 93.6 Å². The van der Waals surface area contributed by atoms with Crippen molar-refractivity contribution in [1.29, 1.82) is 0 Å². The lowest BCUT2D eigenvalue weighted by Crippen LogP contribution is -2.19. The van der Waals surface area contributed by atoms with Crippen molar-refractivity contribution in [3.05, 3.63) is 34.9 Å². The fraction of sp³-hybridized carbons (Fsp3) is 0.333. The molecule has 0 aliphatic rings. The van der Waals surface area contributed by atoms with Gasteiger partial charge in [-0.2, -0.15) is 8.42 Å². The molecule has 1 aromatic carbocycles. The van der Waals surface area contributed by atoms with Gasteiger partial charge in [-0.1, -0.05) is 23.7 Å². The van der Waals surface area contributed by atoms with Gasteiger partial charge in [-0.25, -0.2) is 4.18 Å². The van der Waals surface area contributed by atoms with Crippen molar-refractivity contribution < 1.29 is 17.7 Å². The third-order valence-electron chi connectivity index (χ3n) is 1.61. The van der Waals surface area contributed by atoms with Gasteiger partial charge in [0.15, 0.2) is 6.29 Å². The Morgan fingerprint density at radius 1 is 1.40 bits per heavy atom. The van der Waals surface area contributed by atoms with Crippen LogP contribution in [0.5, 0.6) is 0 Å². The van der Waals surface area contributed by atoms with Crippen molar-refractivity contribution in [2.75, 3.05) is 6.26 Å². The van der Waals surface area contributed by atoms with Crippen molar-refractivity contribution in [3.8, 4) is 0 Å². The van der Waals surface area contributed by atoms with Crippen LogP contribution < -0.4 is 0 Å². The lowest BCUT2D eigenvalue weighted by atomic mass is 10.1. The Balaban J connectivity index is 2.59. The first-order valence-corrected chi connectivity index (χ1v) is 6.37. The molecule has 0 aliphatic carbocycles. The monoisotopic (exact) mass is 250 g/mol. The van der Waals surface area contributed by atoms with Crippen molar-refractivity contribution in [2.24, 2.45) is 0 Å². The van der Waals surface area contributed by atoms with Gasteiger partial charge in [0.05, 0.1) is 6.26 Å². The van der Waals surface area contributed by atoms with Crippen molar-refractivity contribution >= 4 is 21.7 Å². The second-order valence-electron chi connectivity index (χ2n) is 3.09. The highest BCUT2D eigenvalue weighted by Gasteiger charge is 2.12. The zero-order valence-electron chi connectivity index (χ0n) is 8.05. The zero-order valence-corrected chi connectivity index (χ0v) is 9.62. The quantitative estimate of drug-likeness (QED) is 0.644. The maximum atomic E-state index is 10.7. The highest BCUT2D eigenvalue weighted by Crippen LogP contribution is 2.11. The summed E-state index contributed by atoms with van der Waals surface area (Å²) < 4.78 is 25.7. The van der Waals surface area contributed by atoms with Gasteiger partial charge < -0.3 is 5.11 Å². The number of aliphatic hydroxyl groups excluding tert-OH is 1. The first-order valence-electron chi connectivity index (χ1n) is 4.17. The summed E-state index contributed by atoms with van der Waals surface area (Å²) in [5, 5.41) is 9.85. The van der Waals surface area contributed by atoms with E-state index in [2.05, 4.69) is 4.18 Å². The van der Waals surface area contributed by atoms with Crippen LogP contribution in [0.1, 0.15) is 5.56 Å². The van der Waals surface area contributed by atoms with Crippen molar-refractivity contribution in [1.82, 2.24) is 0 Å². The fourth-order valence-electron chi connectivity index (χ4n) is 1.06. The predicted molar refractivity (Wildman–Crippen MR) is 57.1 cm³/mol. The molecular formula is C9H11ClO4S. The van der Waals surface area contributed by atoms with E-state index < -0.39 is 16.4 Å². The summed E-state index contributed by atoms with van der Waals surface area (Å²) in [5.41, 5.74) is 0.746. The van der Waals surface area contributed by atoms with Crippen LogP contribution in [0.15, 0.2) is 24.3 Å². The summed E-state index contributed by atoms with van der Waals surface area (Å²) >= 11 is 5.67. The highest BCUT2D eigenvalue weighted by atomic mass is 35.5. The van der Waals surface area contributed by atoms with E-state index in [0.29, 0.717) is 5.02 Å². The first kappa shape index (κ1) is 12.4. The minimum Gasteiger partial charge on any atom is -0.367 e. The normalized spacial score (nSPS) is 13.8. The molecule has 0 saturated carbocycles. The predicted octanol–water partition coefficient (Wildman–Crippen LogP) is 1.18. The standard InChI is InChI=1S/C9H11ClO4S/c1-15(12,13)14-9(11)6-7-2-4-8(10)5-3-7/h2-5,9,11H,6H2,1H3. The number of rotatable bonds is 4. The number of benzene rings is 1. The molecule has 84 valence electrons. The van der Waals surface area contributed by atoms with Gasteiger partial charge in [0.1, 0.15) is 0 Å². The largest absolute Gasteiger partial charge is 0.367 e. The van der Waals surface area contributed by atoms with E-state index in [-0.39, 0.29) is 6.42 Å². The molecule has 4 nitrogen and oxygen atoms in total. The molecule has 0 saturated heterocycles. The van der Waals surface area contributed by atoms with Gasteiger partial charge >= 0.3 is 0 Å². The van der Waals surface area contributed by atoms with Gasteiger partial charge in [-0.15, -0.1) is 0 Å². The molecule has 1 rings (SSSR count). The fourth-order valence-corrected chi connectivity index (χ4v) is 1.66. The SMILES string of the molecule is CS(=O)(=O)OC(O)Cc1ccc(Cl)cc1. The Morgan fingerprint density at radius 2 is 1.93 bits per heavy atom. The Hall–Kier alpha value is -0.620. The van der Waals surface area contributed by atoms with Crippen molar-refractivity contribution in [2.45, 2.75) is 12.7 Å². The number of hydrogen-bond acceptors (Lipinski definition) is 4. The van der Waals surface area contributed by atoms with Gasteiger partial charge in [0.25, 0.3) is 10.1 Å². The molecule has 1 unspecified atom stereocenters. The van der Waals surface area contributed by atoms with E-state index in [1.165, 1.54) is 0 Å². The van der Waals surface area contributed by atoms with Gasteiger partial charge in [0.2, 0.25) is 0 Å². The van der Waals surface area contributed by atoms with E-state index in [4.69, 9.17) is 11.6 Å². The van der Waals surface area contributed by atoms with Gasteiger partial charge in [-0.05, 0) is 17.7 Å². The lowest BCUT2D eigenvalue weighted by Gasteiger charge is -2.09. The van der Waals surface area contributed by atoms with E-state index in [1.807, 2.05) is 0 Å². The average molecular weight is 251 g/mol. The molecular weight excluding hydrogens is 240 g/mol. The maximum Gasteiger partial charge on any atom is 0.266 e. The minimum atomic E-state index is -3.63.